The fourth-order valence-corrected chi connectivity index (χ4v) is 6.09. The second kappa shape index (κ2) is 10.1. The molecule has 1 fully saturated rings. The fraction of sp³-hybridized carbons (Fsp3) is 0.692. The molecule has 1 aromatic heterocycles. The summed E-state index contributed by atoms with van der Waals surface area (Å²) in [5, 5.41) is 10.6. The number of phosphoric acid groups is 3. The Balaban J connectivity index is 2.20. The number of nitrogens with two attached hydrogens (primary N) is 1. The first-order valence-corrected chi connectivity index (χ1v) is 13.6. The summed E-state index contributed by atoms with van der Waals surface area (Å²) in [6.07, 6.45) is -0.00844. The number of aliphatic hydroxyl groups excluding tert-OH is 1. The van der Waals surface area contributed by atoms with Gasteiger partial charge in [0.2, 0.25) is 0 Å². The van der Waals surface area contributed by atoms with Crippen LogP contribution < -0.4 is 11.4 Å². The molecule has 0 radical (unpaired) electrons. The first-order chi connectivity index (χ1) is 14.6. The summed E-state index contributed by atoms with van der Waals surface area (Å²) in [6, 6.07) is 1.33. The molecule has 0 saturated carbocycles. The lowest BCUT2D eigenvalue weighted by Crippen LogP contribution is -2.44. The van der Waals surface area contributed by atoms with Gasteiger partial charge in [-0.2, -0.15) is 13.6 Å². The minimum absolute atomic E-state index is 0.0327. The van der Waals surface area contributed by atoms with Gasteiger partial charge in [-0.05, 0) is 12.5 Å². The van der Waals surface area contributed by atoms with Crippen LogP contribution in [-0.2, 0) is 31.6 Å². The monoisotopic (exact) mass is 523 g/mol. The zero-order valence-corrected chi connectivity index (χ0v) is 19.3. The zero-order chi connectivity index (χ0) is 24.4. The Bertz CT molecular complexity index is 1010. The number of phosphoric ester groups is 1. The van der Waals surface area contributed by atoms with E-state index in [1.807, 2.05) is 6.92 Å². The van der Waals surface area contributed by atoms with Crippen molar-refractivity contribution >= 4 is 29.3 Å². The van der Waals surface area contributed by atoms with Crippen LogP contribution in [0.15, 0.2) is 17.1 Å². The highest BCUT2D eigenvalue weighted by Crippen LogP contribution is 2.66. The molecule has 0 amide bonds. The van der Waals surface area contributed by atoms with E-state index in [1.165, 1.54) is 12.3 Å². The first-order valence-electron chi connectivity index (χ1n) is 9.07. The molecule has 16 nitrogen and oxygen atoms in total. The number of ether oxygens (including phenoxy) is 1. The average molecular weight is 523 g/mol. The van der Waals surface area contributed by atoms with E-state index in [-0.39, 0.29) is 18.7 Å². The Morgan fingerprint density at radius 2 is 1.91 bits per heavy atom. The van der Waals surface area contributed by atoms with Crippen molar-refractivity contribution in [3.05, 3.63) is 22.7 Å². The van der Waals surface area contributed by atoms with Gasteiger partial charge in [0.25, 0.3) is 0 Å². The molecule has 2 unspecified atom stereocenters. The van der Waals surface area contributed by atoms with Gasteiger partial charge in [-0.25, -0.2) is 18.5 Å². The van der Waals surface area contributed by atoms with Gasteiger partial charge in [-0.3, -0.25) is 9.09 Å². The van der Waals surface area contributed by atoms with E-state index >= 15 is 0 Å². The van der Waals surface area contributed by atoms with Gasteiger partial charge in [-0.15, -0.1) is 0 Å². The molecular weight excluding hydrogens is 499 g/mol. The van der Waals surface area contributed by atoms with E-state index in [9.17, 15) is 33.4 Å². The summed E-state index contributed by atoms with van der Waals surface area (Å²) in [4.78, 5) is 51.8. The second-order valence-electron chi connectivity index (χ2n) is 6.90. The van der Waals surface area contributed by atoms with Crippen LogP contribution in [0, 0.1) is 0 Å². The Hall–Kier alpha value is -0.990. The van der Waals surface area contributed by atoms with Crippen molar-refractivity contribution in [3.63, 3.8) is 0 Å². The van der Waals surface area contributed by atoms with Crippen LogP contribution >= 0.6 is 23.5 Å². The van der Waals surface area contributed by atoms with Gasteiger partial charge >= 0.3 is 29.2 Å². The van der Waals surface area contributed by atoms with Crippen molar-refractivity contribution in [3.8, 4) is 0 Å². The Kier molecular flexibility index (Phi) is 8.60. The van der Waals surface area contributed by atoms with E-state index in [1.54, 1.807) is 0 Å². The minimum atomic E-state index is -5.70. The van der Waals surface area contributed by atoms with Gasteiger partial charge in [0.05, 0.1) is 12.7 Å². The number of unbranched alkanes of at least 4 members (excludes halogenated alkanes) is 1. The number of anilines is 1. The molecule has 5 atom stereocenters. The number of hydrogen-bond donors (Lipinski definition) is 6. The van der Waals surface area contributed by atoms with Crippen LogP contribution in [0.1, 0.15) is 38.8 Å². The molecule has 0 aromatic carbocycles. The zero-order valence-electron chi connectivity index (χ0n) is 16.7. The first kappa shape index (κ1) is 27.3. The lowest BCUT2D eigenvalue weighted by atomic mass is 9.91. The third-order valence-corrected chi connectivity index (χ3v) is 8.19. The van der Waals surface area contributed by atoms with E-state index in [0.29, 0.717) is 12.8 Å². The van der Waals surface area contributed by atoms with Crippen molar-refractivity contribution in [2.45, 2.75) is 50.5 Å². The smallest absolute Gasteiger partial charge is 0.390 e. The van der Waals surface area contributed by atoms with Crippen molar-refractivity contribution < 1.29 is 56.3 Å². The minimum Gasteiger partial charge on any atom is -0.390 e. The quantitative estimate of drug-likeness (QED) is 0.214. The molecule has 0 spiro atoms. The van der Waals surface area contributed by atoms with Crippen LogP contribution in [-0.4, -0.2) is 52.5 Å². The molecule has 184 valence electrons. The lowest BCUT2D eigenvalue weighted by molar-refractivity contribution is -0.131. The number of aromatic nitrogens is 2. The van der Waals surface area contributed by atoms with Gasteiger partial charge < -0.3 is 35.2 Å². The van der Waals surface area contributed by atoms with E-state index in [4.69, 9.17) is 20.3 Å². The van der Waals surface area contributed by atoms with Crippen LogP contribution in [0.5, 0.6) is 0 Å². The SMILES string of the molecule is CCCC[C@]1(COP(=O)(O)OP(=O)(O)OP(=O)(O)O)O[C@@H](n2ccc(N)nc2=O)C[C@@H]1O. The largest absolute Gasteiger partial charge is 0.490 e. The van der Waals surface area contributed by atoms with Crippen molar-refractivity contribution in [1.82, 2.24) is 9.55 Å². The highest BCUT2D eigenvalue weighted by atomic mass is 31.3. The second-order valence-corrected chi connectivity index (χ2v) is 11.3. The molecule has 1 saturated heterocycles. The van der Waals surface area contributed by atoms with Crippen molar-refractivity contribution in [2.24, 2.45) is 0 Å². The average Bonchev–Trinajstić information content (AvgIpc) is 2.92. The van der Waals surface area contributed by atoms with E-state index in [0.717, 1.165) is 4.57 Å². The molecule has 32 heavy (non-hydrogen) atoms. The third-order valence-electron chi connectivity index (χ3n) is 4.41. The number of aliphatic hydroxyl groups is 1. The van der Waals surface area contributed by atoms with Crippen LogP contribution in [0.25, 0.3) is 0 Å². The summed E-state index contributed by atoms with van der Waals surface area (Å²) < 4.78 is 53.1. The van der Waals surface area contributed by atoms with Crippen molar-refractivity contribution in [1.29, 1.82) is 0 Å². The summed E-state index contributed by atoms with van der Waals surface area (Å²) in [7, 11) is -16.7. The number of nitrogens with zero attached hydrogens (tertiary/aromatic N) is 2. The maximum atomic E-state index is 12.1. The summed E-state index contributed by atoms with van der Waals surface area (Å²) >= 11 is 0. The number of hydrogen-bond acceptors (Lipinski definition) is 11. The van der Waals surface area contributed by atoms with Gasteiger partial charge in [-0.1, -0.05) is 19.8 Å². The highest BCUT2D eigenvalue weighted by molar-refractivity contribution is 7.66. The molecular formula is C13H24N3O13P3. The van der Waals surface area contributed by atoms with Crippen molar-refractivity contribution in [2.75, 3.05) is 12.3 Å². The molecule has 19 heteroatoms. The fourth-order valence-electron chi connectivity index (χ4n) is 3.02. The van der Waals surface area contributed by atoms with Crippen LogP contribution in [0.2, 0.25) is 0 Å². The number of nitrogen functional groups attached to an aromatic ring is 1. The molecule has 2 rings (SSSR count). The van der Waals surface area contributed by atoms with Crippen LogP contribution in [0.4, 0.5) is 5.82 Å². The van der Waals surface area contributed by atoms with Crippen LogP contribution in [0.3, 0.4) is 0 Å². The Labute approximate surface area is 181 Å². The summed E-state index contributed by atoms with van der Waals surface area (Å²) in [5.41, 5.74) is 3.05. The van der Waals surface area contributed by atoms with E-state index in [2.05, 4.69) is 18.1 Å². The van der Waals surface area contributed by atoms with Gasteiger partial charge in [0, 0.05) is 12.6 Å². The summed E-state index contributed by atoms with van der Waals surface area (Å²) in [5.74, 6) is -0.0327. The van der Waals surface area contributed by atoms with E-state index < -0.39 is 53.7 Å². The van der Waals surface area contributed by atoms with Gasteiger partial charge in [0.1, 0.15) is 17.6 Å². The normalized spacial score (nSPS) is 27.7. The molecule has 7 N–H and O–H groups in total. The maximum absolute atomic E-state index is 12.1. The molecule has 1 aliphatic rings. The maximum Gasteiger partial charge on any atom is 0.490 e. The predicted octanol–water partition coefficient (Wildman–Crippen LogP) is 0.378. The molecule has 0 bridgehead atoms. The standard InChI is InChI=1S/C13H24N3O13P3/c1-2-3-5-13(8-26-31(22,23)29-32(24,25)28-30(19,20)21)9(17)7-11(27-13)16-6-4-10(14)15-12(16)18/h4,6,9,11,17H,2-3,5,7-8H2,1H3,(H,22,23)(H,24,25)(H2,14,15,18)(H2,19,20,21)/t9-,11+,13+/m0/s1. The summed E-state index contributed by atoms with van der Waals surface area (Å²) in [6.45, 7) is 0.981. The number of rotatable bonds is 11. The molecule has 0 aliphatic carbocycles. The topological polar surface area (TPSA) is 250 Å². The van der Waals surface area contributed by atoms with Gasteiger partial charge in [0.15, 0.2) is 0 Å². The lowest BCUT2D eigenvalue weighted by Gasteiger charge is -2.32. The Morgan fingerprint density at radius 3 is 2.47 bits per heavy atom. The Morgan fingerprint density at radius 1 is 1.25 bits per heavy atom. The predicted molar refractivity (Wildman–Crippen MR) is 106 cm³/mol. The molecule has 1 aromatic rings. The highest BCUT2D eigenvalue weighted by Gasteiger charge is 2.51. The molecule has 2 heterocycles. The molecule has 1 aliphatic heterocycles. The third kappa shape index (κ3) is 7.52.